The van der Waals surface area contributed by atoms with E-state index >= 15 is 0 Å². The van der Waals surface area contributed by atoms with Gasteiger partial charge in [-0.25, -0.2) is 4.39 Å². The fourth-order valence-electron chi connectivity index (χ4n) is 3.02. The SMILES string of the molecule is CC(=O)N(CC(=O)N1CCCc2ccccc21)c1ccc(F)cc1. The van der Waals surface area contributed by atoms with Crippen LogP contribution < -0.4 is 9.80 Å². The van der Waals surface area contributed by atoms with E-state index in [2.05, 4.69) is 0 Å². The Morgan fingerprint density at radius 3 is 2.54 bits per heavy atom. The van der Waals surface area contributed by atoms with Crippen LogP contribution in [0.5, 0.6) is 0 Å². The summed E-state index contributed by atoms with van der Waals surface area (Å²) in [5.41, 5.74) is 2.58. The fourth-order valence-corrected chi connectivity index (χ4v) is 3.02. The van der Waals surface area contributed by atoms with Gasteiger partial charge >= 0.3 is 0 Å². The zero-order valence-electron chi connectivity index (χ0n) is 13.5. The number of carbonyl (C=O) groups is 2. The number of fused-ring (bicyclic) bond motifs is 1. The first-order valence-electron chi connectivity index (χ1n) is 7.98. The molecule has 4 nitrogen and oxygen atoms in total. The highest BCUT2D eigenvalue weighted by atomic mass is 19.1. The monoisotopic (exact) mass is 326 g/mol. The van der Waals surface area contributed by atoms with Gasteiger partial charge in [-0.3, -0.25) is 9.59 Å². The normalized spacial score (nSPS) is 13.3. The van der Waals surface area contributed by atoms with Gasteiger partial charge in [-0.1, -0.05) is 18.2 Å². The molecule has 1 aliphatic heterocycles. The van der Waals surface area contributed by atoms with Crippen LogP contribution in [0, 0.1) is 5.82 Å². The van der Waals surface area contributed by atoms with Gasteiger partial charge in [0.05, 0.1) is 0 Å². The van der Waals surface area contributed by atoms with Gasteiger partial charge in [0.2, 0.25) is 11.8 Å². The maximum absolute atomic E-state index is 13.1. The summed E-state index contributed by atoms with van der Waals surface area (Å²) in [6.07, 6.45) is 1.85. The Hall–Kier alpha value is -2.69. The molecule has 0 atom stereocenters. The number of rotatable bonds is 3. The molecule has 0 aliphatic carbocycles. The van der Waals surface area contributed by atoms with Gasteiger partial charge in [0.15, 0.2) is 0 Å². The minimum absolute atomic E-state index is 0.0602. The molecule has 0 fully saturated rings. The first-order chi connectivity index (χ1) is 11.6. The van der Waals surface area contributed by atoms with E-state index in [1.165, 1.54) is 36.1 Å². The Morgan fingerprint density at radius 2 is 1.83 bits per heavy atom. The maximum atomic E-state index is 13.1. The molecular formula is C19H19FN2O2. The number of hydrogen-bond donors (Lipinski definition) is 0. The summed E-state index contributed by atoms with van der Waals surface area (Å²) in [7, 11) is 0. The number of benzene rings is 2. The van der Waals surface area contributed by atoms with Gasteiger partial charge in [0, 0.05) is 24.8 Å². The molecule has 5 heteroatoms. The molecule has 0 bridgehead atoms. The Kier molecular flexibility index (Phi) is 4.60. The topological polar surface area (TPSA) is 40.6 Å². The number of aryl methyl sites for hydroxylation is 1. The quantitative estimate of drug-likeness (QED) is 0.869. The first-order valence-corrected chi connectivity index (χ1v) is 7.98. The second-order valence-electron chi connectivity index (χ2n) is 5.86. The molecule has 0 saturated heterocycles. The zero-order chi connectivity index (χ0) is 17.1. The van der Waals surface area contributed by atoms with Crippen molar-refractivity contribution in [1.29, 1.82) is 0 Å². The second kappa shape index (κ2) is 6.83. The Morgan fingerprint density at radius 1 is 1.12 bits per heavy atom. The molecule has 2 aromatic rings. The summed E-state index contributed by atoms with van der Waals surface area (Å²) >= 11 is 0. The molecule has 0 aromatic heterocycles. The van der Waals surface area contributed by atoms with E-state index in [-0.39, 0.29) is 24.2 Å². The molecule has 24 heavy (non-hydrogen) atoms. The third-order valence-electron chi connectivity index (χ3n) is 4.22. The van der Waals surface area contributed by atoms with E-state index in [4.69, 9.17) is 0 Å². The molecule has 0 radical (unpaired) electrons. The third kappa shape index (κ3) is 3.30. The summed E-state index contributed by atoms with van der Waals surface area (Å²) in [5.74, 6) is -0.763. The number of anilines is 2. The van der Waals surface area contributed by atoms with Crippen LogP contribution >= 0.6 is 0 Å². The van der Waals surface area contributed by atoms with Crippen molar-refractivity contribution in [3.05, 3.63) is 59.9 Å². The highest BCUT2D eigenvalue weighted by molar-refractivity contribution is 6.03. The van der Waals surface area contributed by atoms with Gasteiger partial charge in [-0.05, 0) is 48.7 Å². The van der Waals surface area contributed by atoms with Crippen LogP contribution in [-0.2, 0) is 16.0 Å². The van der Waals surface area contributed by atoms with Gasteiger partial charge in [0.25, 0.3) is 0 Å². The predicted molar refractivity (Wildman–Crippen MR) is 91.5 cm³/mol. The molecule has 0 saturated carbocycles. The number of nitrogens with zero attached hydrogens (tertiary/aromatic N) is 2. The highest BCUT2D eigenvalue weighted by Crippen LogP contribution is 2.27. The van der Waals surface area contributed by atoms with Crippen molar-refractivity contribution in [2.75, 3.05) is 22.9 Å². The van der Waals surface area contributed by atoms with Crippen molar-refractivity contribution in [2.24, 2.45) is 0 Å². The lowest BCUT2D eigenvalue weighted by molar-refractivity contribution is -0.121. The lowest BCUT2D eigenvalue weighted by Crippen LogP contribution is -2.44. The predicted octanol–water partition coefficient (Wildman–Crippen LogP) is 3.16. The van der Waals surface area contributed by atoms with Crippen LogP contribution in [0.4, 0.5) is 15.8 Å². The maximum Gasteiger partial charge on any atom is 0.247 e. The molecular weight excluding hydrogens is 307 g/mol. The average molecular weight is 326 g/mol. The summed E-state index contributed by atoms with van der Waals surface area (Å²) < 4.78 is 13.1. The minimum atomic E-state index is -0.376. The van der Waals surface area contributed by atoms with Gasteiger partial charge in [0.1, 0.15) is 12.4 Å². The Bertz CT molecular complexity index is 758. The molecule has 124 valence electrons. The van der Waals surface area contributed by atoms with Crippen molar-refractivity contribution in [3.63, 3.8) is 0 Å². The second-order valence-corrected chi connectivity index (χ2v) is 5.86. The lowest BCUT2D eigenvalue weighted by Gasteiger charge is -2.31. The van der Waals surface area contributed by atoms with Crippen molar-refractivity contribution < 1.29 is 14.0 Å². The van der Waals surface area contributed by atoms with Crippen LogP contribution in [0.3, 0.4) is 0 Å². The Balaban J connectivity index is 1.82. The van der Waals surface area contributed by atoms with E-state index in [1.807, 2.05) is 24.3 Å². The van der Waals surface area contributed by atoms with Crippen LogP contribution in [0.25, 0.3) is 0 Å². The number of carbonyl (C=O) groups excluding carboxylic acids is 2. The van der Waals surface area contributed by atoms with Crippen LogP contribution in [0.2, 0.25) is 0 Å². The van der Waals surface area contributed by atoms with Crippen molar-refractivity contribution in [3.8, 4) is 0 Å². The highest BCUT2D eigenvalue weighted by Gasteiger charge is 2.25. The molecule has 3 rings (SSSR count). The van der Waals surface area contributed by atoms with Gasteiger partial charge in [-0.15, -0.1) is 0 Å². The third-order valence-corrected chi connectivity index (χ3v) is 4.22. The minimum Gasteiger partial charge on any atom is -0.311 e. The smallest absolute Gasteiger partial charge is 0.247 e. The summed E-state index contributed by atoms with van der Waals surface area (Å²) in [6.45, 7) is 1.99. The fraction of sp³-hybridized carbons (Fsp3) is 0.263. The molecule has 1 aliphatic rings. The van der Waals surface area contributed by atoms with Crippen molar-refractivity contribution in [2.45, 2.75) is 19.8 Å². The van der Waals surface area contributed by atoms with E-state index in [9.17, 15) is 14.0 Å². The summed E-state index contributed by atoms with van der Waals surface area (Å²) in [4.78, 5) is 27.8. The number of para-hydroxylation sites is 1. The van der Waals surface area contributed by atoms with Crippen LogP contribution in [0.1, 0.15) is 18.9 Å². The van der Waals surface area contributed by atoms with Crippen molar-refractivity contribution >= 4 is 23.2 Å². The van der Waals surface area contributed by atoms with E-state index < -0.39 is 0 Å². The molecule has 0 N–H and O–H groups in total. The van der Waals surface area contributed by atoms with Gasteiger partial charge in [-0.2, -0.15) is 0 Å². The van der Waals surface area contributed by atoms with E-state index in [1.54, 1.807) is 4.90 Å². The van der Waals surface area contributed by atoms with Gasteiger partial charge < -0.3 is 9.80 Å². The lowest BCUT2D eigenvalue weighted by atomic mass is 10.0. The van der Waals surface area contributed by atoms with Crippen molar-refractivity contribution in [1.82, 2.24) is 0 Å². The van der Waals surface area contributed by atoms with E-state index in [0.717, 1.165) is 24.1 Å². The standard InChI is InChI=1S/C19H19FN2O2/c1-14(23)22(17-10-8-16(20)9-11-17)13-19(24)21-12-4-6-15-5-2-3-7-18(15)21/h2-3,5,7-11H,4,6,12-13H2,1H3. The summed E-state index contributed by atoms with van der Waals surface area (Å²) in [6, 6.07) is 13.4. The average Bonchev–Trinajstić information content (AvgIpc) is 2.59. The molecule has 0 spiro atoms. The molecule has 2 amide bonds. The number of hydrogen-bond acceptors (Lipinski definition) is 2. The molecule has 0 unspecified atom stereocenters. The molecule has 1 heterocycles. The van der Waals surface area contributed by atoms with Crippen LogP contribution in [-0.4, -0.2) is 24.9 Å². The van der Waals surface area contributed by atoms with Crippen LogP contribution in [0.15, 0.2) is 48.5 Å². The van der Waals surface area contributed by atoms with E-state index in [0.29, 0.717) is 12.2 Å². The number of amides is 2. The molecule has 2 aromatic carbocycles. The Labute approximate surface area is 140 Å². The largest absolute Gasteiger partial charge is 0.311 e. The number of halogens is 1. The zero-order valence-corrected chi connectivity index (χ0v) is 13.5. The first kappa shape index (κ1) is 16.2. The summed E-state index contributed by atoms with van der Waals surface area (Å²) in [5, 5.41) is 0.